The van der Waals surface area contributed by atoms with Crippen molar-refractivity contribution in [1.29, 1.82) is 0 Å². The van der Waals surface area contributed by atoms with Crippen molar-refractivity contribution in [3.63, 3.8) is 0 Å². The number of amides is 5. The van der Waals surface area contributed by atoms with Gasteiger partial charge in [0, 0.05) is 38.7 Å². The molecule has 4 atom stereocenters. The van der Waals surface area contributed by atoms with Crippen LogP contribution in [0.2, 0.25) is 0 Å². The molecule has 0 aromatic rings. The summed E-state index contributed by atoms with van der Waals surface area (Å²) in [5.41, 5.74) is 2.04. The number of methoxy groups -OCH3 is 1. The van der Waals surface area contributed by atoms with Gasteiger partial charge in [-0.05, 0) is 19.8 Å². The second-order valence-corrected chi connectivity index (χ2v) is 9.74. The van der Waals surface area contributed by atoms with E-state index in [4.69, 9.17) is 4.74 Å². The quantitative estimate of drug-likeness (QED) is 0.179. The van der Waals surface area contributed by atoms with Crippen molar-refractivity contribution in [2.75, 3.05) is 33.3 Å². The van der Waals surface area contributed by atoms with Gasteiger partial charge in [0.05, 0.1) is 30.8 Å². The molecule has 4 bridgehead atoms. The SMILES string of the molecule is CCC12C=C[C@H](C1)C(=O)N(CCN(CCN1C(=O)C3=C=CC(O3)C(C)C1=O)C(=O)CCC(=O)OC)C2=O. The third-order valence-electron chi connectivity index (χ3n) is 7.65. The van der Waals surface area contributed by atoms with Crippen molar-refractivity contribution in [3.8, 4) is 0 Å². The predicted molar refractivity (Wildman–Crippen MR) is 127 cm³/mol. The molecular formula is C26H31N3O8. The molecule has 5 amide bonds. The highest BCUT2D eigenvalue weighted by Crippen LogP contribution is 2.44. The van der Waals surface area contributed by atoms with Gasteiger partial charge in [0.2, 0.25) is 29.4 Å². The Hall–Kier alpha value is -3.72. The van der Waals surface area contributed by atoms with E-state index in [2.05, 4.69) is 10.5 Å². The summed E-state index contributed by atoms with van der Waals surface area (Å²) in [5, 5.41) is 0. The van der Waals surface area contributed by atoms with Crippen LogP contribution >= 0.6 is 0 Å². The summed E-state index contributed by atoms with van der Waals surface area (Å²) < 4.78 is 10.1. The summed E-state index contributed by atoms with van der Waals surface area (Å²) in [6.07, 6.45) is 5.29. The first-order valence-corrected chi connectivity index (χ1v) is 12.5. The van der Waals surface area contributed by atoms with E-state index >= 15 is 0 Å². The Morgan fingerprint density at radius 2 is 1.84 bits per heavy atom. The van der Waals surface area contributed by atoms with Crippen molar-refractivity contribution in [2.24, 2.45) is 17.3 Å². The lowest BCUT2D eigenvalue weighted by Crippen LogP contribution is -2.54. The van der Waals surface area contributed by atoms with Gasteiger partial charge in [-0.25, -0.2) is 0 Å². The Kier molecular flexibility index (Phi) is 7.36. The second-order valence-electron chi connectivity index (χ2n) is 9.74. The molecule has 4 rings (SSSR count). The number of hydrogen-bond donors (Lipinski definition) is 0. The molecule has 198 valence electrons. The van der Waals surface area contributed by atoms with Gasteiger partial charge in [-0.1, -0.05) is 24.8 Å². The molecule has 0 aromatic carbocycles. The largest absolute Gasteiger partial charge is 0.473 e. The van der Waals surface area contributed by atoms with Crippen LogP contribution in [0.25, 0.3) is 0 Å². The maximum absolute atomic E-state index is 13.2. The van der Waals surface area contributed by atoms with Gasteiger partial charge in [-0.2, -0.15) is 0 Å². The van der Waals surface area contributed by atoms with Crippen LogP contribution < -0.4 is 0 Å². The number of piperidine rings is 1. The van der Waals surface area contributed by atoms with Crippen LogP contribution in [0.15, 0.2) is 29.7 Å². The standard InChI is InChI=1S/C26H31N3O8/c1-4-26-10-9-17(15-26)23(33)29(25(26)35)14-12-27(20(30)7-8-21(31)36-3)11-13-28-22(32)16(2)18-5-6-19(37-18)24(28)34/h5,9-10,16-18H,4,7-8,11-15H2,1-3H3/t16?,17-,18?,26?/m1/s1. The normalized spacial score (nSPS) is 27.9. The molecule has 2 fully saturated rings. The molecule has 0 N–H and O–H groups in total. The van der Waals surface area contributed by atoms with E-state index in [1.54, 1.807) is 19.1 Å². The van der Waals surface area contributed by atoms with E-state index in [0.29, 0.717) is 12.8 Å². The summed E-state index contributed by atoms with van der Waals surface area (Å²) in [6, 6.07) is 0. The molecule has 2 saturated heterocycles. The Morgan fingerprint density at radius 1 is 1.14 bits per heavy atom. The van der Waals surface area contributed by atoms with Gasteiger partial charge < -0.3 is 14.4 Å². The van der Waals surface area contributed by atoms with Crippen molar-refractivity contribution < 1.29 is 38.2 Å². The first-order valence-electron chi connectivity index (χ1n) is 12.5. The number of rotatable bonds is 10. The fraction of sp³-hybridized carbons (Fsp3) is 0.577. The molecule has 1 aliphatic carbocycles. The average molecular weight is 514 g/mol. The Balaban J connectivity index is 1.47. The number of carbonyl (C=O) groups excluding carboxylic acids is 6. The minimum atomic E-state index is -0.708. The number of ether oxygens (including phenoxy) is 2. The molecule has 4 aliphatic rings. The zero-order chi connectivity index (χ0) is 26.9. The van der Waals surface area contributed by atoms with Crippen LogP contribution in [0.1, 0.15) is 39.5 Å². The van der Waals surface area contributed by atoms with Crippen LogP contribution in [0.5, 0.6) is 0 Å². The van der Waals surface area contributed by atoms with Gasteiger partial charge in [-0.3, -0.25) is 38.6 Å². The van der Waals surface area contributed by atoms with Crippen LogP contribution in [-0.2, 0) is 38.2 Å². The molecule has 3 unspecified atom stereocenters. The van der Waals surface area contributed by atoms with E-state index in [0.717, 1.165) is 4.90 Å². The number of likely N-dealkylation sites (tertiary alicyclic amines) is 1. The smallest absolute Gasteiger partial charge is 0.306 e. The maximum atomic E-state index is 13.2. The van der Waals surface area contributed by atoms with Crippen molar-refractivity contribution in [2.45, 2.75) is 45.6 Å². The van der Waals surface area contributed by atoms with Crippen LogP contribution in [0.3, 0.4) is 0 Å². The summed E-state index contributed by atoms with van der Waals surface area (Å²) in [4.78, 5) is 80.1. The van der Waals surface area contributed by atoms with Crippen molar-refractivity contribution in [1.82, 2.24) is 14.7 Å². The van der Waals surface area contributed by atoms with Gasteiger partial charge in [0.25, 0.3) is 0 Å². The van der Waals surface area contributed by atoms with Crippen LogP contribution in [0, 0.1) is 17.3 Å². The molecular weight excluding hydrogens is 482 g/mol. The number of hydrogen-bond acceptors (Lipinski definition) is 8. The van der Waals surface area contributed by atoms with E-state index in [9.17, 15) is 28.8 Å². The van der Waals surface area contributed by atoms with Gasteiger partial charge in [0.1, 0.15) is 6.10 Å². The third kappa shape index (κ3) is 4.83. The number of imide groups is 2. The zero-order valence-corrected chi connectivity index (χ0v) is 21.2. The van der Waals surface area contributed by atoms with Gasteiger partial charge >= 0.3 is 11.9 Å². The highest BCUT2D eigenvalue weighted by atomic mass is 16.5. The second kappa shape index (κ2) is 10.3. The molecule has 11 heteroatoms. The highest BCUT2D eigenvalue weighted by Gasteiger charge is 2.51. The van der Waals surface area contributed by atoms with Gasteiger partial charge in [-0.15, -0.1) is 0 Å². The predicted octanol–water partition coefficient (Wildman–Crippen LogP) is 0.552. The number of carbonyl (C=O) groups is 6. The van der Waals surface area contributed by atoms with Crippen molar-refractivity contribution in [3.05, 3.63) is 29.7 Å². The fourth-order valence-electron chi connectivity index (χ4n) is 5.16. The molecule has 37 heavy (non-hydrogen) atoms. The molecule has 0 radical (unpaired) electrons. The fourth-order valence-corrected chi connectivity index (χ4v) is 5.16. The van der Waals surface area contributed by atoms with Crippen LogP contribution in [0.4, 0.5) is 0 Å². The van der Waals surface area contributed by atoms with E-state index in [1.807, 2.05) is 13.0 Å². The monoisotopic (exact) mass is 513 g/mol. The maximum Gasteiger partial charge on any atom is 0.306 e. The summed E-state index contributed by atoms with van der Waals surface area (Å²) in [6.45, 7) is 3.37. The Labute approximate surface area is 214 Å². The first kappa shape index (κ1) is 26.3. The molecule has 0 aromatic heterocycles. The topological polar surface area (TPSA) is 131 Å². The summed E-state index contributed by atoms with van der Waals surface area (Å²) in [7, 11) is 1.22. The lowest BCUT2D eigenvalue weighted by atomic mass is 9.78. The summed E-state index contributed by atoms with van der Waals surface area (Å²) >= 11 is 0. The number of fused-ring (bicyclic) bond motifs is 4. The first-order chi connectivity index (χ1) is 17.6. The van der Waals surface area contributed by atoms with E-state index in [-0.39, 0.29) is 62.5 Å². The molecule has 3 heterocycles. The zero-order valence-electron chi connectivity index (χ0n) is 21.2. The number of nitrogens with zero attached hydrogens (tertiary/aromatic N) is 3. The minimum absolute atomic E-state index is 0.00248. The average Bonchev–Trinajstić information content (AvgIpc) is 3.54. The highest BCUT2D eigenvalue weighted by molar-refractivity contribution is 6.06. The van der Waals surface area contributed by atoms with Gasteiger partial charge in [0.15, 0.2) is 0 Å². The Morgan fingerprint density at radius 3 is 2.51 bits per heavy atom. The lowest BCUT2D eigenvalue weighted by Gasteiger charge is -2.38. The Bertz CT molecular complexity index is 1140. The third-order valence-corrected chi connectivity index (χ3v) is 7.65. The number of esters is 1. The molecule has 0 spiro atoms. The molecule has 0 saturated carbocycles. The minimum Gasteiger partial charge on any atom is -0.473 e. The summed E-state index contributed by atoms with van der Waals surface area (Å²) in [5.74, 6) is -3.67. The van der Waals surface area contributed by atoms with Crippen molar-refractivity contribution >= 4 is 35.5 Å². The van der Waals surface area contributed by atoms with E-state index in [1.165, 1.54) is 16.9 Å². The lowest BCUT2D eigenvalue weighted by molar-refractivity contribution is -0.157. The molecule has 11 nitrogen and oxygen atoms in total. The van der Waals surface area contributed by atoms with Crippen LogP contribution in [-0.4, -0.2) is 89.6 Å². The molecule has 3 aliphatic heterocycles. The van der Waals surface area contributed by atoms with E-state index < -0.39 is 41.1 Å².